The molecular weight excluding hydrogens is 308 g/mol. The molecule has 0 unspecified atom stereocenters. The Morgan fingerprint density at radius 1 is 1.43 bits per heavy atom. The highest BCUT2D eigenvalue weighted by molar-refractivity contribution is 7.13. The van der Waals surface area contributed by atoms with Crippen LogP contribution in [0.1, 0.15) is 33.2 Å². The van der Waals surface area contributed by atoms with Gasteiger partial charge >= 0.3 is 0 Å². The topological polar surface area (TPSA) is 51.2 Å². The lowest BCUT2D eigenvalue weighted by atomic mass is 10.3. The van der Waals surface area contributed by atoms with Crippen molar-refractivity contribution in [3.8, 4) is 5.75 Å². The first-order valence-corrected chi connectivity index (χ1v) is 7.97. The number of hydrogen-bond acceptors (Lipinski definition) is 4. The highest BCUT2D eigenvalue weighted by atomic mass is 35.5. The molecule has 3 rings (SSSR count). The monoisotopic (exact) mass is 322 g/mol. The van der Waals surface area contributed by atoms with Crippen molar-refractivity contribution < 1.29 is 9.53 Å². The van der Waals surface area contributed by atoms with E-state index in [9.17, 15) is 4.79 Å². The van der Waals surface area contributed by atoms with Crippen molar-refractivity contribution in [2.45, 2.75) is 32.4 Å². The van der Waals surface area contributed by atoms with E-state index in [1.54, 1.807) is 12.1 Å². The number of amides is 1. The number of ether oxygens (including phenoxy) is 1. The Morgan fingerprint density at radius 3 is 2.81 bits per heavy atom. The molecule has 1 aliphatic carbocycles. The molecule has 0 bridgehead atoms. The van der Waals surface area contributed by atoms with Crippen molar-refractivity contribution in [3.63, 3.8) is 0 Å². The molecule has 1 saturated carbocycles. The van der Waals surface area contributed by atoms with Gasteiger partial charge in [-0.3, -0.25) is 4.79 Å². The lowest BCUT2D eigenvalue weighted by Gasteiger charge is -2.03. The van der Waals surface area contributed by atoms with Crippen LogP contribution >= 0.6 is 22.9 Å². The van der Waals surface area contributed by atoms with Gasteiger partial charge < -0.3 is 10.1 Å². The molecule has 110 valence electrons. The first-order valence-electron chi connectivity index (χ1n) is 6.77. The molecular formula is C15H15ClN2O2S. The summed E-state index contributed by atoms with van der Waals surface area (Å²) in [6, 6.07) is 7.53. The average Bonchev–Trinajstić information content (AvgIpc) is 3.19. The Morgan fingerprint density at radius 2 is 2.14 bits per heavy atom. The summed E-state index contributed by atoms with van der Waals surface area (Å²) in [5, 5.41) is 4.45. The molecule has 6 heteroatoms. The van der Waals surface area contributed by atoms with Gasteiger partial charge in [0.15, 0.2) is 0 Å². The predicted octanol–water partition coefficient (Wildman–Crippen LogP) is 3.58. The maximum Gasteiger partial charge on any atom is 0.263 e. The van der Waals surface area contributed by atoms with Crippen LogP contribution in [-0.2, 0) is 6.61 Å². The van der Waals surface area contributed by atoms with Crippen LogP contribution in [-0.4, -0.2) is 16.9 Å². The molecule has 21 heavy (non-hydrogen) atoms. The molecule has 1 fully saturated rings. The van der Waals surface area contributed by atoms with Gasteiger partial charge in [0, 0.05) is 11.1 Å². The molecule has 1 aromatic heterocycles. The number of carbonyl (C=O) groups excluding carboxylic acids is 1. The van der Waals surface area contributed by atoms with Crippen molar-refractivity contribution in [2.24, 2.45) is 0 Å². The standard InChI is InChI=1S/C15H15ClN2O2S/c1-9-14(15(19)18-11-4-5-11)21-13(17-9)8-20-12-6-2-10(16)3-7-12/h2-3,6-7,11H,4-5,8H2,1H3,(H,18,19). The largest absolute Gasteiger partial charge is 0.486 e. The molecule has 1 aromatic carbocycles. The van der Waals surface area contributed by atoms with E-state index in [2.05, 4.69) is 10.3 Å². The van der Waals surface area contributed by atoms with Crippen molar-refractivity contribution in [1.82, 2.24) is 10.3 Å². The Hall–Kier alpha value is -1.59. The van der Waals surface area contributed by atoms with Crippen molar-refractivity contribution in [3.05, 3.63) is 44.9 Å². The number of nitrogens with zero attached hydrogens (tertiary/aromatic N) is 1. The van der Waals surface area contributed by atoms with Gasteiger partial charge in [0.05, 0.1) is 5.69 Å². The smallest absolute Gasteiger partial charge is 0.263 e. The summed E-state index contributed by atoms with van der Waals surface area (Å²) in [7, 11) is 0. The van der Waals surface area contributed by atoms with Gasteiger partial charge in [-0.2, -0.15) is 0 Å². The summed E-state index contributed by atoms with van der Waals surface area (Å²) in [5.41, 5.74) is 0.757. The molecule has 4 nitrogen and oxygen atoms in total. The second kappa shape index (κ2) is 6.03. The van der Waals surface area contributed by atoms with Crippen LogP contribution in [0.15, 0.2) is 24.3 Å². The maximum absolute atomic E-state index is 12.0. The molecule has 0 radical (unpaired) electrons. The number of nitrogens with one attached hydrogen (secondary N) is 1. The molecule has 1 aliphatic rings. The number of carbonyl (C=O) groups is 1. The Balaban J connectivity index is 1.63. The fourth-order valence-corrected chi connectivity index (χ4v) is 2.89. The minimum absolute atomic E-state index is 0.0229. The zero-order chi connectivity index (χ0) is 14.8. The fraction of sp³-hybridized carbons (Fsp3) is 0.333. The zero-order valence-corrected chi connectivity index (χ0v) is 13.1. The first kappa shape index (κ1) is 14.4. The lowest BCUT2D eigenvalue weighted by molar-refractivity contribution is 0.0954. The minimum Gasteiger partial charge on any atom is -0.486 e. The Kier molecular flexibility index (Phi) is 4.12. The van der Waals surface area contributed by atoms with Gasteiger partial charge in [0.1, 0.15) is 22.2 Å². The van der Waals surface area contributed by atoms with E-state index < -0.39 is 0 Å². The minimum atomic E-state index is -0.0229. The summed E-state index contributed by atoms with van der Waals surface area (Å²) < 4.78 is 5.65. The number of benzene rings is 1. The second-order valence-corrected chi connectivity index (χ2v) is 6.53. The van der Waals surface area contributed by atoms with E-state index >= 15 is 0 Å². The summed E-state index contributed by atoms with van der Waals surface area (Å²) in [6.07, 6.45) is 2.16. The van der Waals surface area contributed by atoms with Crippen LogP contribution < -0.4 is 10.1 Å². The van der Waals surface area contributed by atoms with Gasteiger partial charge in [-0.05, 0) is 44.0 Å². The molecule has 0 spiro atoms. The number of hydrogen-bond donors (Lipinski definition) is 1. The van der Waals surface area contributed by atoms with E-state index in [1.807, 2.05) is 19.1 Å². The van der Waals surface area contributed by atoms with Gasteiger partial charge in [-0.1, -0.05) is 11.6 Å². The third kappa shape index (κ3) is 3.74. The van der Waals surface area contributed by atoms with Crippen molar-refractivity contribution >= 4 is 28.8 Å². The third-order valence-electron chi connectivity index (χ3n) is 3.14. The summed E-state index contributed by atoms with van der Waals surface area (Å²) in [4.78, 5) is 17.1. The van der Waals surface area contributed by atoms with E-state index in [0.717, 1.165) is 29.3 Å². The molecule has 0 atom stereocenters. The lowest BCUT2D eigenvalue weighted by Crippen LogP contribution is -2.25. The van der Waals surface area contributed by atoms with Gasteiger partial charge in [0.25, 0.3) is 5.91 Å². The normalized spacial score (nSPS) is 14.0. The van der Waals surface area contributed by atoms with Crippen molar-refractivity contribution in [2.75, 3.05) is 0 Å². The maximum atomic E-state index is 12.0. The molecule has 0 aliphatic heterocycles. The number of thiazole rings is 1. The molecule has 1 amide bonds. The van der Waals surface area contributed by atoms with Crippen LogP contribution in [0.2, 0.25) is 5.02 Å². The third-order valence-corrected chi connectivity index (χ3v) is 4.52. The molecule has 1 heterocycles. The van der Waals surface area contributed by atoms with Gasteiger partial charge in [-0.25, -0.2) is 4.98 Å². The predicted molar refractivity (Wildman–Crippen MR) is 83.1 cm³/mol. The van der Waals surface area contributed by atoms with E-state index in [0.29, 0.717) is 22.5 Å². The average molecular weight is 323 g/mol. The number of halogens is 1. The van der Waals surface area contributed by atoms with Gasteiger partial charge in [0.2, 0.25) is 0 Å². The van der Waals surface area contributed by atoms with E-state index in [4.69, 9.17) is 16.3 Å². The summed E-state index contributed by atoms with van der Waals surface area (Å²) in [5.74, 6) is 0.710. The van der Waals surface area contributed by atoms with Crippen LogP contribution in [0.3, 0.4) is 0 Å². The molecule has 0 saturated heterocycles. The van der Waals surface area contributed by atoms with Crippen LogP contribution in [0.4, 0.5) is 0 Å². The van der Waals surface area contributed by atoms with Crippen LogP contribution in [0.25, 0.3) is 0 Å². The second-order valence-electron chi connectivity index (χ2n) is 5.01. The number of aryl methyl sites for hydroxylation is 1. The van der Waals surface area contributed by atoms with E-state index in [-0.39, 0.29) is 5.91 Å². The molecule has 2 aromatic rings. The highest BCUT2D eigenvalue weighted by Crippen LogP contribution is 2.24. The Labute approximate surface area is 132 Å². The SMILES string of the molecule is Cc1nc(COc2ccc(Cl)cc2)sc1C(=O)NC1CC1. The van der Waals surface area contributed by atoms with Gasteiger partial charge in [-0.15, -0.1) is 11.3 Å². The summed E-state index contributed by atoms with van der Waals surface area (Å²) in [6.45, 7) is 2.20. The first-order chi connectivity index (χ1) is 10.1. The highest BCUT2D eigenvalue weighted by Gasteiger charge is 2.25. The number of aromatic nitrogens is 1. The quantitative estimate of drug-likeness (QED) is 0.915. The molecule has 1 N–H and O–H groups in total. The fourth-order valence-electron chi connectivity index (χ4n) is 1.88. The Bertz CT molecular complexity index is 650. The van der Waals surface area contributed by atoms with E-state index in [1.165, 1.54) is 11.3 Å². The number of rotatable bonds is 5. The summed E-state index contributed by atoms with van der Waals surface area (Å²) >= 11 is 7.21. The zero-order valence-electron chi connectivity index (χ0n) is 11.6. The van der Waals surface area contributed by atoms with Crippen LogP contribution in [0.5, 0.6) is 5.75 Å². The van der Waals surface area contributed by atoms with Crippen molar-refractivity contribution in [1.29, 1.82) is 0 Å². The van der Waals surface area contributed by atoms with Crippen LogP contribution in [0, 0.1) is 6.92 Å².